The van der Waals surface area contributed by atoms with E-state index in [0.29, 0.717) is 6.42 Å². The van der Waals surface area contributed by atoms with Crippen molar-refractivity contribution in [2.24, 2.45) is 0 Å². The molecule has 0 aromatic heterocycles. The fourth-order valence-corrected chi connectivity index (χ4v) is 9.08. The molecule has 1 amide bonds. The van der Waals surface area contributed by atoms with Crippen molar-refractivity contribution < 1.29 is 51.8 Å². The van der Waals surface area contributed by atoms with Crippen LogP contribution in [0, 0.1) is 0 Å². The number of hydrogen-bond donors (Lipinski definition) is 6. The molecule has 0 spiro atoms. The number of aliphatic hydroxyl groups is 4. The standard InChI is InChI=1S/C52H99NO11S/c1-3-5-7-9-11-13-15-17-19-20-21-22-23-24-25-26-27-28-30-32-34-36-38-40-42-48(56)53-45(44-62-52-50(58)51(64-65(59,60)61)49(57)47(43-54)63-52)46(55)41-39-37-35-33-31-29-18-16-14-12-10-8-6-4-2/h24-25,39,41,45-47,49-52,54-55,57-58H,3-23,26-38,40,42-44H2,1-2H3,(H,53,56)(H,59,60,61)/b25-24-,41-39+. The summed E-state index contributed by atoms with van der Waals surface area (Å²) in [5.74, 6) is -0.264. The second kappa shape index (κ2) is 42.7. The first-order valence-corrected chi connectivity index (χ1v) is 28.1. The Morgan fingerprint density at radius 1 is 0.600 bits per heavy atom. The third kappa shape index (κ3) is 35.4. The number of rotatable bonds is 46. The molecular formula is C52H99NO11S. The van der Waals surface area contributed by atoms with E-state index in [1.54, 1.807) is 6.08 Å². The van der Waals surface area contributed by atoms with E-state index in [-0.39, 0.29) is 18.9 Å². The summed E-state index contributed by atoms with van der Waals surface area (Å²) in [7, 11) is -5.09. The van der Waals surface area contributed by atoms with E-state index in [1.165, 1.54) is 173 Å². The summed E-state index contributed by atoms with van der Waals surface area (Å²) in [4.78, 5) is 13.1. The Morgan fingerprint density at radius 2 is 0.985 bits per heavy atom. The summed E-state index contributed by atoms with van der Waals surface area (Å²) in [6, 6.07) is -0.943. The van der Waals surface area contributed by atoms with E-state index in [9.17, 15) is 38.2 Å². The van der Waals surface area contributed by atoms with Crippen LogP contribution in [-0.2, 0) is 28.9 Å². The quantitative estimate of drug-likeness (QED) is 0.0193. The molecule has 6 N–H and O–H groups in total. The predicted molar refractivity (Wildman–Crippen MR) is 264 cm³/mol. The van der Waals surface area contributed by atoms with Gasteiger partial charge in [-0.15, -0.1) is 0 Å². The van der Waals surface area contributed by atoms with Crippen LogP contribution in [0.15, 0.2) is 24.3 Å². The predicted octanol–water partition coefficient (Wildman–Crippen LogP) is 11.7. The van der Waals surface area contributed by atoms with Crippen LogP contribution in [0.25, 0.3) is 0 Å². The zero-order valence-corrected chi connectivity index (χ0v) is 42.1. The first-order chi connectivity index (χ1) is 31.5. The van der Waals surface area contributed by atoms with E-state index < -0.39 is 59.9 Å². The van der Waals surface area contributed by atoms with Gasteiger partial charge in [-0.25, -0.2) is 4.18 Å². The second-order valence-electron chi connectivity index (χ2n) is 18.8. The molecule has 0 aliphatic carbocycles. The number of nitrogens with one attached hydrogen (secondary N) is 1. The lowest BCUT2D eigenvalue weighted by atomic mass is 9.99. The minimum atomic E-state index is -5.09. The second-order valence-corrected chi connectivity index (χ2v) is 19.9. The minimum Gasteiger partial charge on any atom is -0.394 e. The van der Waals surface area contributed by atoms with Gasteiger partial charge in [0.1, 0.15) is 24.4 Å². The molecule has 1 fully saturated rings. The molecule has 12 nitrogen and oxygen atoms in total. The summed E-state index contributed by atoms with van der Waals surface area (Å²) in [6.45, 7) is 3.41. The van der Waals surface area contributed by atoms with Gasteiger partial charge in [-0.3, -0.25) is 9.35 Å². The van der Waals surface area contributed by atoms with Gasteiger partial charge in [-0.2, -0.15) is 8.42 Å². The molecule has 1 aliphatic rings. The van der Waals surface area contributed by atoms with E-state index in [4.69, 9.17) is 9.47 Å². The van der Waals surface area contributed by atoms with Gasteiger partial charge in [0, 0.05) is 6.42 Å². The van der Waals surface area contributed by atoms with E-state index >= 15 is 0 Å². The van der Waals surface area contributed by atoms with Crippen molar-refractivity contribution in [3.8, 4) is 0 Å². The van der Waals surface area contributed by atoms with Gasteiger partial charge >= 0.3 is 10.4 Å². The average molecular weight is 946 g/mol. The number of allylic oxidation sites excluding steroid dienone is 3. The van der Waals surface area contributed by atoms with Crippen LogP contribution in [0.3, 0.4) is 0 Å². The highest BCUT2D eigenvalue weighted by atomic mass is 32.3. The molecule has 0 aromatic carbocycles. The molecule has 0 radical (unpaired) electrons. The summed E-state index contributed by atoms with van der Waals surface area (Å²) in [5.41, 5.74) is 0. The Bertz CT molecular complexity index is 1250. The lowest BCUT2D eigenvalue weighted by Gasteiger charge is -2.41. The number of amides is 1. The minimum absolute atomic E-state index is 0.264. The maximum atomic E-state index is 13.1. The van der Waals surface area contributed by atoms with Gasteiger partial charge in [0.15, 0.2) is 6.29 Å². The Hall–Kier alpha value is -1.42. The summed E-state index contributed by atoms with van der Waals surface area (Å²) in [5, 5.41) is 44.8. The molecule has 0 aromatic rings. The number of carbonyl (C=O) groups is 1. The van der Waals surface area contributed by atoms with Gasteiger partial charge < -0.3 is 35.2 Å². The van der Waals surface area contributed by atoms with Crippen LogP contribution < -0.4 is 5.32 Å². The van der Waals surface area contributed by atoms with Crippen LogP contribution in [0.5, 0.6) is 0 Å². The Labute approximate surface area is 397 Å². The summed E-state index contributed by atoms with van der Waals surface area (Å²) >= 11 is 0. The number of unbranched alkanes of at least 4 members (excludes halogenated alkanes) is 32. The van der Waals surface area contributed by atoms with Crippen molar-refractivity contribution in [1.29, 1.82) is 0 Å². The largest absolute Gasteiger partial charge is 0.397 e. The molecule has 13 heteroatoms. The van der Waals surface area contributed by atoms with Gasteiger partial charge in [-0.1, -0.05) is 218 Å². The third-order valence-electron chi connectivity index (χ3n) is 12.7. The molecule has 65 heavy (non-hydrogen) atoms. The van der Waals surface area contributed by atoms with Crippen LogP contribution in [0.4, 0.5) is 0 Å². The first kappa shape index (κ1) is 61.6. The SMILES string of the molecule is CCCCCCCCCCCCCC/C=C\CCCCCCCCCCC(=O)NC(COC1OC(CO)C(O)C(OS(=O)(=O)O)C1O)C(O)/C=C/CCCCCCCCCCCCCC. The topological polar surface area (TPSA) is 192 Å². The molecule has 384 valence electrons. The van der Waals surface area contributed by atoms with Crippen molar-refractivity contribution in [2.75, 3.05) is 13.2 Å². The number of hydrogen-bond acceptors (Lipinski definition) is 10. The summed E-state index contributed by atoms with van der Waals surface area (Å²) < 4.78 is 47.7. The highest BCUT2D eigenvalue weighted by molar-refractivity contribution is 7.80. The normalized spacial score (nSPS) is 20.3. The van der Waals surface area contributed by atoms with Gasteiger partial charge in [-0.05, 0) is 44.9 Å². The summed E-state index contributed by atoms with van der Waals surface area (Å²) in [6.07, 6.45) is 42.2. The highest BCUT2D eigenvalue weighted by Crippen LogP contribution is 2.26. The van der Waals surface area contributed by atoms with E-state index in [0.717, 1.165) is 44.9 Å². The Balaban J connectivity index is 2.39. The van der Waals surface area contributed by atoms with Crippen molar-refractivity contribution in [3.63, 3.8) is 0 Å². The van der Waals surface area contributed by atoms with Gasteiger partial charge in [0.25, 0.3) is 0 Å². The van der Waals surface area contributed by atoms with Crippen LogP contribution in [0.2, 0.25) is 0 Å². The smallest absolute Gasteiger partial charge is 0.394 e. The van der Waals surface area contributed by atoms with Crippen molar-refractivity contribution in [1.82, 2.24) is 5.32 Å². The highest BCUT2D eigenvalue weighted by Gasteiger charge is 2.48. The monoisotopic (exact) mass is 946 g/mol. The Morgan fingerprint density at radius 3 is 1.38 bits per heavy atom. The first-order valence-electron chi connectivity index (χ1n) is 26.7. The molecule has 1 heterocycles. The molecule has 1 rings (SSSR count). The fourth-order valence-electron chi connectivity index (χ4n) is 8.57. The molecule has 0 bridgehead atoms. The lowest BCUT2D eigenvalue weighted by Crippen LogP contribution is -2.61. The molecule has 7 unspecified atom stereocenters. The van der Waals surface area contributed by atoms with E-state index in [2.05, 4.69) is 35.5 Å². The van der Waals surface area contributed by atoms with Crippen molar-refractivity contribution >= 4 is 16.3 Å². The zero-order valence-electron chi connectivity index (χ0n) is 41.3. The van der Waals surface area contributed by atoms with E-state index in [1.807, 2.05) is 6.08 Å². The lowest BCUT2D eigenvalue weighted by molar-refractivity contribution is -0.298. The number of carbonyl (C=O) groups excluding carboxylic acids is 1. The fraction of sp³-hybridized carbons (Fsp3) is 0.904. The average Bonchev–Trinajstić information content (AvgIpc) is 3.28. The van der Waals surface area contributed by atoms with Crippen molar-refractivity contribution in [2.45, 2.75) is 288 Å². The Kier molecular flexibility index (Phi) is 40.4. The van der Waals surface area contributed by atoms with Crippen LogP contribution in [0.1, 0.15) is 245 Å². The van der Waals surface area contributed by atoms with Crippen LogP contribution >= 0.6 is 0 Å². The molecule has 0 saturated carbocycles. The van der Waals surface area contributed by atoms with Gasteiger partial charge in [0.05, 0.1) is 25.4 Å². The van der Waals surface area contributed by atoms with Gasteiger partial charge in [0.2, 0.25) is 5.91 Å². The maximum Gasteiger partial charge on any atom is 0.397 e. The molecular weight excluding hydrogens is 847 g/mol. The number of aliphatic hydroxyl groups excluding tert-OH is 4. The molecule has 1 saturated heterocycles. The molecule has 7 atom stereocenters. The zero-order chi connectivity index (χ0) is 47.6. The van der Waals surface area contributed by atoms with Crippen LogP contribution in [-0.4, -0.2) is 95.4 Å². The molecule has 1 aliphatic heterocycles. The number of ether oxygens (including phenoxy) is 2. The maximum absolute atomic E-state index is 13.1. The third-order valence-corrected chi connectivity index (χ3v) is 13.2. The van der Waals surface area contributed by atoms with Crippen molar-refractivity contribution in [3.05, 3.63) is 24.3 Å².